The third-order valence-corrected chi connectivity index (χ3v) is 5.23. The van der Waals surface area contributed by atoms with Crippen LogP contribution in [0.4, 0.5) is 10.2 Å². The highest BCUT2D eigenvalue weighted by Gasteiger charge is 2.23. The van der Waals surface area contributed by atoms with Crippen LogP contribution < -0.4 is 10.9 Å². The Morgan fingerprint density at radius 3 is 2.75 bits per heavy atom. The number of phenols is 1. The standard InChI is InChI=1S/C22H18FN7O2/c1-2-15(28-20-18-19(25-10-24-18)26-11-27-20)21-29-16-5-3-4-14(23)17(16)22(32)30(21)12-6-8-13(31)9-7-12/h3-11,15,31H,2H2,1H3,(H2,24,25,26,27,28)/t15-/m0/s1. The molecule has 10 heteroatoms. The minimum absolute atomic E-state index is 0.0519. The topological polar surface area (TPSA) is 122 Å². The summed E-state index contributed by atoms with van der Waals surface area (Å²) in [7, 11) is 0. The van der Waals surface area contributed by atoms with E-state index in [2.05, 4.69) is 30.2 Å². The molecular formula is C22H18FN7O2. The molecule has 0 aliphatic carbocycles. The van der Waals surface area contributed by atoms with E-state index >= 15 is 0 Å². The van der Waals surface area contributed by atoms with Crippen molar-refractivity contribution in [2.24, 2.45) is 0 Å². The van der Waals surface area contributed by atoms with Crippen LogP contribution in [0, 0.1) is 5.82 Å². The first-order valence-corrected chi connectivity index (χ1v) is 9.98. The molecule has 3 aromatic heterocycles. The van der Waals surface area contributed by atoms with Gasteiger partial charge in [0.1, 0.15) is 34.6 Å². The number of fused-ring (bicyclic) bond motifs is 2. The van der Waals surface area contributed by atoms with Gasteiger partial charge in [-0.1, -0.05) is 13.0 Å². The van der Waals surface area contributed by atoms with Crippen molar-refractivity contribution < 1.29 is 9.50 Å². The monoisotopic (exact) mass is 431 g/mol. The molecule has 0 bridgehead atoms. The van der Waals surface area contributed by atoms with E-state index in [0.29, 0.717) is 34.9 Å². The zero-order chi connectivity index (χ0) is 22.2. The second kappa shape index (κ2) is 7.73. The van der Waals surface area contributed by atoms with Gasteiger partial charge in [-0.3, -0.25) is 9.36 Å². The van der Waals surface area contributed by atoms with E-state index in [4.69, 9.17) is 0 Å². The van der Waals surface area contributed by atoms with Crippen molar-refractivity contribution in [2.75, 3.05) is 5.32 Å². The average Bonchev–Trinajstić information content (AvgIpc) is 3.28. The van der Waals surface area contributed by atoms with Crippen LogP contribution in [0.1, 0.15) is 25.2 Å². The molecule has 0 radical (unpaired) electrons. The molecule has 9 nitrogen and oxygen atoms in total. The number of hydrogen-bond donors (Lipinski definition) is 3. The number of rotatable bonds is 5. The van der Waals surface area contributed by atoms with Gasteiger partial charge in [-0.2, -0.15) is 0 Å². The van der Waals surface area contributed by atoms with Crippen molar-refractivity contribution in [3.05, 3.63) is 77.1 Å². The van der Waals surface area contributed by atoms with Gasteiger partial charge in [-0.15, -0.1) is 0 Å². The minimum Gasteiger partial charge on any atom is -0.508 e. The first-order valence-electron chi connectivity index (χ1n) is 9.98. The molecule has 160 valence electrons. The molecule has 0 spiro atoms. The van der Waals surface area contributed by atoms with E-state index in [-0.39, 0.29) is 16.7 Å². The Labute approximate surface area is 180 Å². The van der Waals surface area contributed by atoms with Crippen molar-refractivity contribution in [1.29, 1.82) is 0 Å². The van der Waals surface area contributed by atoms with Crippen molar-refractivity contribution in [1.82, 2.24) is 29.5 Å². The Morgan fingerprint density at radius 1 is 1.16 bits per heavy atom. The third kappa shape index (κ3) is 3.22. The molecule has 3 heterocycles. The van der Waals surface area contributed by atoms with Crippen LogP contribution in [0.2, 0.25) is 0 Å². The fourth-order valence-electron chi connectivity index (χ4n) is 3.68. The smallest absolute Gasteiger partial charge is 0.269 e. The number of aromatic hydroxyl groups is 1. The van der Waals surface area contributed by atoms with Gasteiger partial charge in [0.05, 0.1) is 23.6 Å². The zero-order valence-corrected chi connectivity index (χ0v) is 17.0. The number of halogens is 1. The number of nitrogens with one attached hydrogen (secondary N) is 2. The predicted molar refractivity (Wildman–Crippen MR) is 117 cm³/mol. The summed E-state index contributed by atoms with van der Waals surface area (Å²) in [5.41, 5.74) is 1.30. The molecule has 5 rings (SSSR count). The molecule has 0 saturated heterocycles. The second-order valence-electron chi connectivity index (χ2n) is 7.19. The first-order chi connectivity index (χ1) is 15.6. The van der Waals surface area contributed by atoms with Crippen LogP contribution >= 0.6 is 0 Å². The van der Waals surface area contributed by atoms with Crippen molar-refractivity contribution in [3.8, 4) is 11.4 Å². The molecule has 1 atom stereocenters. The molecule has 3 N–H and O–H groups in total. The molecule has 0 saturated carbocycles. The maximum Gasteiger partial charge on any atom is 0.269 e. The molecule has 0 aliphatic heterocycles. The summed E-state index contributed by atoms with van der Waals surface area (Å²) in [5, 5.41) is 12.9. The van der Waals surface area contributed by atoms with E-state index in [9.17, 15) is 14.3 Å². The summed E-state index contributed by atoms with van der Waals surface area (Å²) in [5.74, 6) is 0.295. The number of hydrogen-bond acceptors (Lipinski definition) is 7. The predicted octanol–water partition coefficient (Wildman–Crippen LogP) is 3.46. The lowest BCUT2D eigenvalue weighted by atomic mass is 10.1. The van der Waals surface area contributed by atoms with E-state index in [1.807, 2.05) is 6.92 Å². The zero-order valence-electron chi connectivity index (χ0n) is 17.0. The number of benzene rings is 2. The van der Waals surface area contributed by atoms with Crippen molar-refractivity contribution in [3.63, 3.8) is 0 Å². The largest absolute Gasteiger partial charge is 0.508 e. The molecular weight excluding hydrogens is 413 g/mol. The summed E-state index contributed by atoms with van der Waals surface area (Å²) < 4.78 is 15.9. The normalized spacial score (nSPS) is 12.3. The lowest BCUT2D eigenvalue weighted by molar-refractivity contribution is 0.475. The van der Waals surface area contributed by atoms with Gasteiger partial charge in [0.2, 0.25) is 0 Å². The number of imidazole rings is 1. The number of anilines is 1. The SMILES string of the molecule is CC[C@H](Nc1ncnc2nc[nH]c12)c1nc2cccc(F)c2c(=O)n1-c1ccc(O)cc1. The van der Waals surface area contributed by atoms with Crippen molar-refractivity contribution >= 4 is 27.9 Å². The van der Waals surface area contributed by atoms with Gasteiger partial charge in [0.25, 0.3) is 5.56 Å². The van der Waals surface area contributed by atoms with Crippen LogP contribution in [0.15, 0.2) is 59.9 Å². The molecule has 0 aliphatic rings. The second-order valence-corrected chi connectivity index (χ2v) is 7.19. The first kappa shape index (κ1) is 19.6. The number of nitrogens with zero attached hydrogens (tertiary/aromatic N) is 5. The number of aromatic nitrogens is 6. The van der Waals surface area contributed by atoms with E-state index < -0.39 is 17.4 Å². The lowest BCUT2D eigenvalue weighted by Gasteiger charge is -2.22. The Morgan fingerprint density at radius 2 is 1.97 bits per heavy atom. The van der Waals surface area contributed by atoms with Crippen LogP contribution in [0.3, 0.4) is 0 Å². The van der Waals surface area contributed by atoms with Crippen LogP contribution in [-0.4, -0.2) is 34.6 Å². The van der Waals surface area contributed by atoms with Gasteiger partial charge < -0.3 is 15.4 Å². The van der Waals surface area contributed by atoms with E-state index in [0.717, 1.165) is 0 Å². The molecule has 0 unspecified atom stereocenters. The van der Waals surface area contributed by atoms with Gasteiger partial charge >= 0.3 is 0 Å². The van der Waals surface area contributed by atoms with Crippen molar-refractivity contribution in [2.45, 2.75) is 19.4 Å². The van der Waals surface area contributed by atoms with Crippen LogP contribution in [0.25, 0.3) is 27.8 Å². The Bertz CT molecular complexity index is 1490. The van der Waals surface area contributed by atoms with Gasteiger partial charge in [-0.25, -0.2) is 24.3 Å². The summed E-state index contributed by atoms with van der Waals surface area (Å²) in [6.45, 7) is 1.94. The summed E-state index contributed by atoms with van der Waals surface area (Å²) in [6, 6.07) is 10.00. The third-order valence-electron chi connectivity index (χ3n) is 5.23. The Balaban J connectivity index is 1.74. The minimum atomic E-state index is -0.643. The molecule has 0 amide bonds. The summed E-state index contributed by atoms with van der Waals surface area (Å²) in [6.07, 6.45) is 3.47. The summed E-state index contributed by atoms with van der Waals surface area (Å²) in [4.78, 5) is 33.7. The van der Waals surface area contributed by atoms with Crippen LogP contribution in [-0.2, 0) is 0 Å². The van der Waals surface area contributed by atoms with Gasteiger partial charge in [0, 0.05) is 0 Å². The summed E-state index contributed by atoms with van der Waals surface area (Å²) >= 11 is 0. The Kier molecular flexibility index (Phi) is 4.74. The highest BCUT2D eigenvalue weighted by atomic mass is 19.1. The maximum atomic E-state index is 14.6. The number of phenolic OH excluding ortho intramolecular Hbond substituents is 1. The lowest BCUT2D eigenvalue weighted by Crippen LogP contribution is -2.28. The molecule has 32 heavy (non-hydrogen) atoms. The fraction of sp³-hybridized carbons (Fsp3) is 0.136. The van der Waals surface area contributed by atoms with Gasteiger partial charge in [0.15, 0.2) is 11.5 Å². The number of H-pyrrole nitrogens is 1. The molecule has 2 aromatic carbocycles. The maximum absolute atomic E-state index is 14.6. The van der Waals surface area contributed by atoms with Crippen LogP contribution in [0.5, 0.6) is 5.75 Å². The highest BCUT2D eigenvalue weighted by molar-refractivity contribution is 5.82. The quantitative estimate of drug-likeness (QED) is 0.390. The average molecular weight is 431 g/mol. The van der Waals surface area contributed by atoms with E-state index in [1.165, 1.54) is 41.5 Å². The molecule has 0 fully saturated rings. The van der Waals surface area contributed by atoms with E-state index in [1.54, 1.807) is 18.2 Å². The number of aromatic amines is 1. The highest BCUT2D eigenvalue weighted by Crippen LogP contribution is 2.27. The Hall–Kier alpha value is -4.34. The van der Waals surface area contributed by atoms with Gasteiger partial charge in [-0.05, 0) is 42.8 Å². The molecule has 5 aromatic rings. The fourth-order valence-corrected chi connectivity index (χ4v) is 3.68.